The average molecular weight is 395 g/mol. The Hall–Kier alpha value is -1.98. The largest absolute Gasteiger partial charge is 0.482 e. The van der Waals surface area contributed by atoms with Crippen molar-refractivity contribution >= 4 is 29.1 Å². The van der Waals surface area contributed by atoms with Crippen LogP contribution in [0.1, 0.15) is 31.2 Å². The van der Waals surface area contributed by atoms with Gasteiger partial charge in [-0.2, -0.15) is 0 Å². The van der Waals surface area contributed by atoms with Crippen LogP contribution in [0.2, 0.25) is 10.0 Å². The third kappa shape index (κ3) is 5.51. The van der Waals surface area contributed by atoms with E-state index in [0.717, 1.165) is 18.4 Å². The number of carbonyl (C=O) groups excluding carboxylic acids is 1. The fourth-order valence-corrected chi connectivity index (χ4v) is 3.08. The van der Waals surface area contributed by atoms with Crippen LogP contribution in [0, 0.1) is 0 Å². The predicted molar refractivity (Wildman–Crippen MR) is 101 cm³/mol. The molecule has 3 rings (SSSR count). The average Bonchev–Trinajstić information content (AvgIpc) is 3.15. The van der Waals surface area contributed by atoms with Crippen molar-refractivity contribution in [1.82, 2.24) is 10.3 Å². The Balaban J connectivity index is 1.43. The first kappa shape index (κ1) is 18.8. The molecule has 1 aliphatic carbocycles. The van der Waals surface area contributed by atoms with Crippen LogP contribution in [-0.4, -0.2) is 23.6 Å². The maximum atomic E-state index is 11.9. The molecule has 0 aliphatic heterocycles. The van der Waals surface area contributed by atoms with Gasteiger partial charge in [0.15, 0.2) is 6.61 Å². The molecule has 1 amide bonds. The van der Waals surface area contributed by atoms with Gasteiger partial charge < -0.3 is 14.8 Å². The lowest BCUT2D eigenvalue weighted by Crippen LogP contribution is -2.28. The number of hydrogen-bond donors (Lipinski definition) is 1. The summed E-state index contributed by atoms with van der Waals surface area (Å²) in [6.07, 6.45) is 6.61. The predicted octanol–water partition coefficient (Wildman–Crippen LogP) is 4.41. The van der Waals surface area contributed by atoms with Gasteiger partial charge in [-0.1, -0.05) is 29.3 Å². The molecular formula is C19H20Cl2N2O3. The summed E-state index contributed by atoms with van der Waals surface area (Å²) in [5.41, 5.74) is 0.887. The van der Waals surface area contributed by atoms with Crippen molar-refractivity contribution in [1.29, 1.82) is 0 Å². The summed E-state index contributed by atoms with van der Waals surface area (Å²) < 4.78 is 11.2. The van der Waals surface area contributed by atoms with Crippen molar-refractivity contribution in [3.05, 3.63) is 52.1 Å². The van der Waals surface area contributed by atoms with Gasteiger partial charge in [-0.05, 0) is 43.4 Å². The summed E-state index contributed by atoms with van der Waals surface area (Å²) in [7, 11) is 0. The molecule has 1 N–H and O–H groups in total. The van der Waals surface area contributed by atoms with Crippen molar-refractivity contribution < 1.29 is 14.3 Å². The second-order valence-electron chi connectivity index (χ2n) is 6.17. The fraction of sp³-hybridized carbons (Fsp3) is 0.368. The van der Waals surface area contributed by atoms with Crippen LogP contribution in [0.25, 0.3) is 0 Å². The lowest BCUT2D eigenvalue weighted by Gasteiger charge is -2.12. The van der Waals surface area contributed by atoms with Gasteiger partial charge in [0.2, 0.25) is 5.88 Å². The van der Waals surface area contributed by atoms with E-state index in [9.17, 15) is 4.79 Å². The highest BCUT2D eigenvalue weighted by Gasteiger charge is 2.16. The molecular weight excluding hydrogens is 375 g/mol. The molecule has 0 unspecified atom stereocenters. The van der Waals surface area contributed by atoms with Gasteiger partial charge in [-0.25, -0.2) is 4.98 Å². The number of nitrogens with one attached hydrogen (secondary N) is 1. The molecule has 1 aliphatic rings. The SMILES string of the molecule is O=C(COc1cc(Cl)ccc1Cl)NCc1ccc(OC2CCCC2)nc1. The van der Waals surface area contributed by atoms with Gasteiger partial charge in [0.25, 0.3) is 5.91 Å². The van der Waals surface area contributed by atoms with E-state index in [-0.39, 0.29) is 18.6 Å². The summed E-state index contributed by atoms with van der Waals surface area (Å²) in [5, 5.41) is 3.68. The zero-order valence-corrected chi connectivity index (χ0v) is 15.7. The zero-order valence-electron chi connectivity index (χ0n) is 14.2. The number of hydrogen-bond acceptors (Lipinski definition) is 4. The zero-order chi connectivity index (χ0) is 18.4. The van der Waals surface area contributed by atoms with Gasteiger partial charge in [0.1, 0.15) is 11.9 Å². The molecule has 7 heteroatoms. The molecule has 1 aromatic carbocycles. The standard InChI is InChI=1S/C19H20Cl2N2O3/c20-14-6-7-16(21)17(9-14)25-12-18(24)22-10-13-5-8-19(23-11-13)26-15-3-1-2-4-15/h5-9,11,15H,1-4,10,12H2,(H,22,24). The number of pyridine rings is 1. The summed E-state index contributed by atoms with van der Waals surface area (Å²) >= 11 is 11.9. The Labute approximate surface area is 162 Å². The summed E-state index contributed by atoms with van der Waals surface area (Å²) in [6.45, 7) is 0.221. The first-order valence-corrected chi connectivity index (χ1v) is 9.32. The van der Waals surface area contributed by atoms with Crippen molar-refractivity contribution in [2.75, 3.05) is 6.61 Å². The maximum absolute atomic E-state index is 11.9. The number of benzene rings is 1. The van der Waals surface area contributed by atoms with Crippen molar-refractivity contribution in [3.8, 4) is 11.6 Å². The molecule has 1 heterocycles. The molecule has 0 spiro atoms. The molecule has 0 saturated heterocycles. The summed E-state index contributed by atoms with van der Waals surface area (Å²) in [4.78, 5) is 16.2. The van der Waals surface area contributed by atoms with E-state index in [0.29, 0.717) is 28.2 Å². The molecule has 2 aromatic rings. The highest BCUT2D eigenvalue weighted by molar-refractivity contribution is 6.34. The van der Waals surface area contributed by atoms with Crippen LogP contribution in [0.4, 0.5) is 0 Å². The molecule has 138 valence electrons. The molecule has 0 radical (unpaired) electrons. The van der Waals surface area contributed by atoms with E-state index in [1.165, 1.54) is 12.8 Å². The van der Waals surface area contributed by atoms with Crippen LogP contribution in [0.3, 0.4) is 0 Å². The van der Waals surface area contributed by atoms with E-state index < -0.39 is 0 Å². The summed E-state index contributed by atoms with van der Waals surface area (Å²) in [6, 6.07) is 8.58. The molecule has 0 bridgehead atoms. The minimum Gasteiger partial charge on any atom is -0.482 e. The normalized spacial score (nSPS) is 14.2. The Bertz CT molecular complexity index is 747. The second kappa shape index (κ2) is 9.10. The first-order valence-electron chi connectivity index (χ1n) is 8.56. The molecule has 1 aromatic heterocycles. The Morgan fingerprint density at radius 3 is 2.73 bits per heavy atom. The van der Waals surface area contributed by atoms with Gasteiger partial charge in [-0.3, -0.25) is 4.79 Å². The molecule has 1 fully saturated rings. The third-order valence-corrected chi connectivity index (χ3v) is 4.68. The van der Waals surface area contributed by atoms with Crippen molar-refractivity contribution in [2.45, 2.75) is 38.3 Å². The van der Waals surface area contributed by atoms with E-state index in [2.05, 4.69) is 10.3 Å². The van der Waals surface area contributed by atoms with Gasteiger partial charge in [0.05, 0.1) is 5.02 Å². The maximum Gasteiger partial charge on any atom is 0.258 e. The number of halogens is 2. The Kier molecular flexibility index (Phi) is 6.58. The Morgan fingerprint density at radius 2 is 2.00 bits per heavy atom. The van der Waals surface area contributed by atoms with Crippen LogP contribution in [-0.2, 0) is 11.3 Å². The topological polar surface area (TPSA) is 60.5 Å². The molecule has 5 nitrogen and oxygen atoms in total. The second-order valence-corrected chi connectivity index (χ2v) is 7.01. The fourth-order valence-electron chi connectivity index (χ4n) is 2.74. The van der Waals surface area contributed by atoms with Gasteiger partial charge in [-0.15, -0.1) is 0 Å². The molecule has 1 saturated carbocycles. The lowest BCUT2D eigenvalue weighted by molar-refractivity contribution is -0.123. The summed E-state index contributed by atoms with van der Waals surface area (Å²) in [5.74, 6) is 0.752. The quantitative estimate of drug-likeness (QED) is 0.755. The van der Waals surface area contributed by atoms with E-state index in [1.54, 1.807) is 24.4 Å². The van der Waals surface area contributed by atoms with Gasteiger partial charge in [0, 0.05) is 29.9 Å². The number of nitrogens with zero attached hydrogens (tertiary/aromatic N) is 1. The van der Waals surface area contributed by atoms with Crippen LogP contribution < -0.4 is 14.8 Å². The number of ether oxygens (including phenoxy) is 2. The molecule has 0 atom stereocenters. The minimum absolute atomic E-state index is 0.142. The Morgan fingerprint density at radius 1 is 1.19 bits per heavy atom. The lowest BCUT2D eigenvalue weighted by atomic mass is 10.3. The number of aromatic nitrogens is 1. The third-order valence-electron chi connectivity index (χ3n) is 4.13. The number of rotatable bonds is 7. The highest BCUT2D eigenvalue weighted by atomic mass is 35.5. The van der Waals surface area contributed by atoms with Gasteiger partial charge >= 0.3 is 0 Å². The number of carbonyl (C=O) groups is 1. The van der Waals surface area contributed by atoms with Crippen LogP contribution >= 0.6 is 23.2 Å². The van der Waals surface area contributed by atoms with Crippen LogP contribution in [0.5, 0.6) is 11.6 Å². The first-order chi connectivity index (χ1) is 12.6. The highest BCUT2D eigenvalue weighted by Crippen LogP contribution is 2.27. The minimum atomic E-state index is -0.257. The van der Waals surface area contributed by atoms with E-state index in [1.807, 2.05) is 12.1 Å². The van der Waals surface area contributed by atoms with Crippen molar-refractivity contribution in [2.24, 2.45) is 0 Å². The van der Waals surface area contributed by atoms with Crippen LogP contribution in [0.15, 0.2) is 36.5 Å². The monoisotopic (exact) mass is 394 g/mol. The number of amides is 1. The van der Waals surface area contributed by atoms with Crippen molar-refractivity contribution in [3.63, 3.8) is 0 Å². The molecule has 26 heavy (non-hydrogen) atoms. The smallest absolute Gasteiger partial charge is 0.258 e. The van der Waals surface area contributed by atoms with E-state index >= 15 is 0 Å². The van der Waals surface area contributed by atoms with E-state index in [4.69, 9.17) is 32.7 Å².